The molecule has 0 fully saturated rings. The molecule has 0 aliphatic carbocycles. The monoisotopic (exact) mass is 312 g/mol. The molecule has 0 bridgehead atoms. The summed E-state index contributed by atoms with van der Waals surface area (Å²) in [6.07, 6.45) is 11.4. The normalized spacial score (nSPS) is 13.8. The Hall–Kier alpha value is -1.32. The van der Waals surface area contributed by atoms with E-state index in [0.29, 0.717) is 0 Å². The first-order valence-electron chi connectivity index (χ1n) is 8.52. The molecule has 0 amide bonds. The Morgan fingerprint density at radius 1 is 0.773 bits per heavy atom. The van der Waals surface area contributed by atoms with Gasteiger partial charge in [-0.3, -0.25) is 9.59 Å². The van der Waals surface area contributed by atoms with Crippen molar-refractivity contribution in [1.29, 1.82) is 0 Å². The second-order valence-electron chi connectivity index (χ2n) is 5.67. The smallest absolute Gasteiger partial charge is 0.303 e. The largest absolute Gasteiger partial charge is 0.458 e. The van der Waals surface area contributed by atoms with E-state index in [0.717, 1.165) is 51.4 Å². The molecule has 0 aromatic rings. The number of hydrogen-bond acceptors (Lipinski definition) is 4. The molecule has 0 radical (unpaired) electrons. The molecule has 0 saturated heterocycles. The van der Waals surface area contributed by atoms with E-state index < -0.39 is 0 Å². The summed E-state index contributed by atoms with van der Waals surface area (Å²) in [6, 6.07) is 0. The van der Waals surface area contributed by atoms with E-state index in [9.17, 15) is 9.59 Å². The topological polar surface area (TPSA) is 52.6 Å². The fourth-order valence-corrected chi connectivity index (χ4v) is 2.25. The standard InChI is InChI=1S/C18H32O4/c1-5-7-9-11-17(21-15(3)19)13-14-18(22-16(4)20)12-10-8-6-2/h13-14,17-18H,5-12H2,1-4H3/b14-13-/t17-,18-/m0/s1. The van der Waals surface area contributed by atoms with Gasteiger partial charge in [-0.1, -0.05) is 39.5 Å². The maximum Gasteiger partial charge on any atom is 0.303 e. The summed E-state index contributed by atoms with van der Waals surface area (Å²) in [4.78, 5) is 22.4. The van der Waals surface area contributed by atoms with Crippen LogP contribution in [0.4, 0.5) is 0 Å². The van der Waals surface area contributed by atoms with Crippen LogP contribution in [0, 0.1) is 0 Å². The first kappa shape index (κ1) is 20.7. The van der Waals surface area contributed by atoms with Gasteiger partial charge in [0.1, 0.15) is 12.2 Å². The molecule has 0 saturated carbocycles. The van der Waals surface area contributed by atoms with Gasteiger partial charge in [0, 0.05) is 13.8 Å². The predicted molar refractivity (Wildman–Crippen MR) is 88.5 cm³/mol. The number of hydrogen-bond donors (Lipinski definition) is 0. The zero-order chi connectivity index (χ0) is 16.8. The molecular formula is C18H32O4. The number of esters is 2. The molecule has 0 aromatic carbocycles. The van der Waals surface area contributed by atoms with Crippen LogP contribution in [0.5, 0.6) is 0 Å². The number of ether oxygens (including phenoxy) is 2. The molecule has 0 rings (SSSR count). The van der Waals surface area contributed by atoms with Gasteiger partial charge in [0.15, 0.2) is 0 Å². The molecule has 0 spiro atoms. The van der Waals surface area contributed by atoms with Crippen molar-refractivity contribution < 1.29 is 19.1 Å². The third kappa shape index (κ3) is 12.4. The number of rotatable bonds is 12. The highest BCUT2D eigenvalue weighted by Gasteiger charge is 2.12. The maximum absolute atomic E-state index is 11.2. The predicted octanol–water partition coefficient (Wildman–Crippen LogP) is 4.57. The lowest BCUT2D eigenvalue weighted by molar-refractivity contribution is -0.146. The second kappa shape index (κ2) is 13.4. The van der Waals surface area contributed by atoms with Crippen LogP contribution in [0.3, 0.4) is 0 Å². The highest BCUT2D eigenvalue weighted by molar-refractivity contribution is 5.66. The first-order chi connectivity index (χ1) is 10.5. The van der Waals surface area contributed by atoms with Crippen LogP contribution in [-0.4, -0.2) is 24.1 Å². The minimum Gasteiger partial charge on any atom is -0.458 e. The minimum atomic E-state index is -0.277. The quantitative estimate of drug-likeness (QED) is 0.301. The van der Waals surface area contributed by atoms with E-state index in [1.807, 2.05) is 12.2 Å². The van der Waals surface area contributed by atoms with Crippen molar-refractivity contribution in [3.63, 3.8) is 0 Å². The van der Waals surface area contributed by atoms with Gasteiger partial charge in [0.2, 0.25) is 0 Å². The molecule has 2 atom stereocenters. The molecule has 128 valence electrons. The fourth-order valence-electron chi connectivity index (χ4n) is 2.25. The van der Waals surface area contributed by atoms with Crippen LogP contribution < -0.4 is 0 Å². The zero-order valence-corrected chi connectivity index (χ0v) is 14.6. The fraction of sp³-hybridized carbons (Fsp3) is 0.778. The van der Waals surface area contributed by atoms with E-state index in [1.54, 1.807) is 0 Å². The number of carbonyl (C=O) groups is 2. The Kier molecular flexibility index (Phi) is 12.5. The molecule has 0 aromatic heterocycles. The van der Waals surface area contributed by atoms with Crippen LogP contribution in [0.2, 0.25) is 0 Å². The Morgan fingerprint density at radius 3 is 1.41 bits per heavy atom. The molecule has 0 aliphatic rings. The molecule has 0 aliphatic heterocycles. The molecule has 0 heterocycles. The third-order valence-corrected chi connectivity index (χ3v) is 3.36. The van der Waals surface area contributed by atoms with Gasteiger partial charge in [-0.05, 0) is 37.8 Å². The minimum absolute atomic E-state index is 0.228. The van der Waals surface area contributed by atoms with Crippen LogP contribution >= 0.6 is 0 Å². The van der Waals surface area contributed by atoms with Gasteiger partial charge in [-0.2, -0.15) is 0 Å². The van der Waals surface area contributed by atoms with Crippen molar-refractivity contribution in [3.8, 4) is 0 Å². The number of carbonyl (C=O) groups excluding carboxylic acids is 2. The van der Waals surface area contributed by atoms with E-state index in [-0.39, 0.29) is 24.1 Å². The van der Waals surface area contributed by atoms with Crippen molar-refractivity contribution in [2.45, 2.75) is 91.3 Å². The summed E-state index contributed by atoms with van der Waals surface area (Å²) >= 11 is 0. The zero-order valence-electron chi connectivity index (χ0n) is 14.6. The van der Waals surface area contributed by atoms with Crippen LogP contribution in [-0.2, 0) is 19.1 Å². The summed E-state index contributed by atoms with van der Waals surface area (Å²) in [5.41, 5.74) is 0. The Bertz CT molecular complexity index is 304. The van der Waals surface area contributed by atoms with Gasteiger partial charge in [-0.15, -0.1) is 0 Å². The lowest BCUT2D eigenvalue weighted by Crippen LogP contribution is -2.17. The summed E-state index contributed by atoms with van der Waals surface area (Å²) in [6.45, 7) is 7.12. The lowest BCUT2D eigenvalue weighted by atomic mass is 10.1. The number of unbranched alkanes of at least 4 members (excludes halogenated alkanes) is 4. The van der Waals surface area contributed by atoms with Gasteiger partial charge in [0.25, 0.3) is 0 Å². The maximum atomic E-state index is 11.2. The molecule has 0 unspecified atom stereocenters. The summed E-state index contributed by atoms with van der Waals surface area (Å²) in [5, 5.41) is 0. The SMILES string of the molecule is CCCCC[C@@H](/C=C\[C@H](CCCCC)OC(C)=O)OC(C)=O. The van der Waals surface area contributed by atoms with Crippen LogP contribution in [0.1, 0.15) is 79.1 Å². The molecule has 22 heavy (non-hydrogen) atoms. The average molecular weight is 312 g/mol. The molecule has 0 N–H and O–H groups in total. The van der Waals surface area contributed by atoms with Gasteiger partial charge in [-0.25, -0.2) is 0 Å². The van der Waals surface area contributed by atoms with Crippen LogP contribution in [0.25, 0.3) is 0 Å². The Morgan fingerprint density at radius 2 is 1.14 bits per heavy atom. The summed E-state index contributed by atoms with van der Waals surface area (Å²) in [5.74, 6) is -0.553. The van der Waals surface area contributed by atoms with Crippen molar-refractivity contribution in [2.75, 3.05) is 0 Å². The van der Waals surface area contributed by atoms with Crippen LogP contribution in [0.15, 0.2) is 12.2 Å². The third-order valence-electron chi connectivity index (χ3n) is 3.36. The highest BCUT2D eigenvalue weighted by atomic mass is 16.5. The van der Waals surface area contributed by atoms with Crippen molar-refractivity contribution >= 4 is 11.9 Å². The van der Waals surface area contributed by atoms with Gasteiger partial charge < -0.3 is 9.47 Å². The highest BCUT2D eigenvalue weighted by Crippen LogP contribution is 2.13. The van der Waals surface area contributed by atoms with Crippen molar-refractivity contribution in [1.82, 2.24) is 0 Å². The lowest BCUT2D eigenvalue weighted by Gasteiger charge is -2.16. The molecule has 4 heteroatoms. The Balaban J connectivity index is 4.56. The molecular weight excluding hydrogens is 280 g/mol. The van der Waals surface area contributed by atoms with E-state index in [1.165, 1.54) is 13.8 Å². The Labute approximate surface area is 135 Å². The van der Waals surface area contributed by atoms with Gasteiger partial charge >= 0.3 is 11.9 Å². The van der Waals surface area contributed by atoms with E-state index >= 15 is 0 Å². The van der Waals surface area contributed by atoms with Crippen molar-refractivity contribution in [2.24, 2.45) is 0 Å². The van der Waals surface area contributed by atoms with Crippen molar-refractivity contribution in [3.05, 3.63) is 12.2 Å². The average Bonchev–Trinajstić information content (AvgIpc) is 2.43. The van der Waals surface area contributed by atoms with Gasteiger partial charge in [0.05, 0.1) is 0 Å². The summed E-state index contributed by atoms with van der Waals surface area (Å²) in [7, 11) is 0. The second-order valence-corrected chi connectivity index (χ2v) is 5.67. The molecule has 4 nitrogen and oxygen atoms in total. The van der Waals surface area contributed by atoms with E-state index in [4.69, 9.17) is 9.47 Å². The summed E-state index contributed by atoms with van der Waals surface area (Å²) < 4.78 is 10.6. The first-order valence-corrected chi connectivity index (χ1v) is 8.52. The van der Waals surface area contributed by atoms with E-state index in [2.05, 4.69) is 13.8 Å².